The first-order valence-corrected chi connectivity index (χ1v) is 38.9. The summed E-state index contributed by atoms with van der Waals surface area (Å²) in [5, 5.41) is 16.1. The Kier molecular flexibility index (Phi) is 69.1. The zero-order chi connectivity index (χ0) is 90.3. The van der Waals surface area contributed by atoms with E-state index < -0.39 is 97.3 Å². The number of alkyl halides is 26. The van der Waals surface area contributed by atoms with Crippen molar-refractivity contribution >= 4 is 14.7 Å². The number of carbonyl (C=O) groups is 1. The van der Waals surface area contributed by atoms with Gasteiger partial charge < -0.3 is 106 Å². The van der Waals surface area contributed by atoms with Crippen LogP contribution in [0.4, 0.5) is 114 Å². The second-order valence-corrected chi connectivity index (χ2v) is 27.4. The van der Waals surface area contributed by atoms with Crippen LogP contribution < -0.4 is 119 Å². The fourth-order valence-electron chi connectivity index (χ4n) is 11.1. The van der Waals surface area contributed by atoms with Gasteiger partial charge in [0.1, 0.15) is 6.29 Å². The largest absolute Gasteiger partial charge is 1.00 e. The number of nitrogens with zero attached hydrogens (tertiary/aromatic N) is 8. The van der Waals surface area contributed by atoms with E-state index in [4.69, 9.17) is 63.1 Å². The van der Waals surface area contributed by atoms with Crippen molar-refractivity contribution in [3.05, 3.63) is 0 Å². The van der Waals surface area contributed by atoms with Crippen LogP contribution in [-0.4, -0.2) is 420 Å². The normalized spacial score (nSPS) is 13.5. The summed E-state index contributed by atoms with van der Waals surface area (Å²) in [4.78, 5) is 28.0. The van der Waals surface area contributed by atoms with E-state index in [9.17, 15) is 119 Å². The fraction of sp³-hybridized carbons (Fsp3) is 0.985. The van der Waals surface area contributed by atoms with Gasteiger partial charge in [-0.15, -0.1) is 0 Å². The molecule has 0 fully saturated rings. The fourth-order valence-corrected chi connectivity index (χ4v) is 11.1. The quantitative estimate of drug-likeness (QED) is 0.0141. The zero-order valence-electron chi connectivity index (χ0n) is 69.3. The minimum absolute atomic E-state index is 0. The van der Waals surface area contributed by atoms with E-state index in [0.29, 0.717) is 98.2 Å². The molecule has 0 aromatic rings. The summed E-state index contributed by atoms with van der Waals surface area (Å²) < 4.78 is 335. The van der Waals surface area contributed by atoms with E-state index in [2.05, 4.69) is 60.9 Å². The number of halogens is 26. The predicted octanol–water partition coefficient (Wildman–Crippen LogP) is -1.60. The number of hydrogen-bond donors (Lipinski definition) is 16. The molecule has 0 saturated heterocycles. The Balaban J connectivity index is -0.000000447. The number of unbranched alkanes of at least 4 members (excludes halogenated alkanes) is 4. The molecule has 0 amide bonds. The Labute approximate surface area is 708 Å². The van der Waals surface area contributed by atoms with Crippen LogP contribution in [0.1, 0.15) is 52.8 Å². The number of hydrogen-bond acceptors (Lipinski definition) is 25. The van der Waals surface area contributed by atoms with Crippen molar-refractivity contribution < 1.29 is 150 Å². The van der Waals surface area contributed by atoms with Gasteiger partial charge in [-0.25, -0.2) is 0 Å². The molecule has 0 saturated carbocycles. The van der Waals surface area contributed by atoms with Gasteiger partial charge in [0.25, 0.3) is 0 Å². The van der Waals surface area contributed by atoms with E-state index in [1.807, 2.05) is 4.90 Å². The van der Waals surface area contributed by atoms with Crippen molar-refractivity contribution in [3.63, 3.8) is 0 Å². The van der Waals surface area contributed by atoms with Crippen molar-refractivity contribution in [1.82, 2.24) is 65.8 Å². The molecule has 3 radical (unpaired) electrons. The van der Waals surface area contributed by atoms with Crippen LogP contribution >= 0.6 is 0 Å². The molecule has 0 rings (SSSR count). The summed E-state index contributed by atoms with van der Waals surface area (Å²) in [6.45, 7) is 30.7. The molecule has 0 aliphatic carbocycles. The summed E-state index contributed by atoms with van der Waals surface area (Å²) in [5.41, 5.74) is 62.8. The summed E-state index contributed by atoms with van der Waals surface area (Å²) in [6.07, 6.45) is -15.1. The Morgan fingerprint density at radius 1 is 0.218 bits per heavy atom. The van der Waals surface area contributed by atoms with Gasteiger partial charge >= 0.3 is 101 Å². The minimum Gasteiger partial charge on any atom is -1.00 e. The Morgan fingerprint density at radius 2 is 0.420 bits per heavy atom. The van der Waals surface area contributed by atoms with E-state index in [1.165, 1.54) is 12.8 Å². The number of nitrogens with one attached hydrogen (secondary N) is 5. The summed E-state index contributed by atoms with van der Waals surface area (Å²) in [7, 11) is 0. The molecule has 0 aromatic heterocycles. The molecule has 0 aliphatic rings. The molecule has 0 spiro atoms. The van der Waals surface area contributed by atoms with Gasteiger partial charge in [-0.1, -0.05) is 12.8 Å². The van der Waals surface area contributed by atoms with Crippen molar-refractivity contribution in [2.24, 2.45) is 63.1 Å². The average molecular weight is 1810 g/mol. The van der Waals surface area contributed by atoms with Crippen molar-refractivity contribution in [1.29, 1.82) is 0 Å². The molecule has 711 valence electrons. The summed E-state index contributed by atoms with van der Waals surface area (Å²) in [6, 6.07) is 0. The monoisotopic (exact) mass is 1810 g/mol. The Hall–Kier alpha value is -2.05. The van der Waals surface area contributed by atoms with E-state index in [0.717, 1.165) is 196 Å². The van der Waals surface area contributed by atoms with Crippen molar-refractivity contribution in [2.45, 2.75) is 123 Å². The second-order valence-electron chi connectivity index (χ2n) is 27.4. The number of carbonyl (C=O) groups excluding carboxylic acids is 1. The van der Waals surface area contributed by atoms with Crippen molar-refractivity contribution in [2.75, 3.05) is 295 Å². The van der Waals surface area contributed by atoms with Crippen LogP contribution in [0.5, 0.6) is 0 Å². The smallest absolute Gasteiger partial charge is 1.00 e. The van der Waals surface area contributed by atoms with Crippen LogP contribution in [-0.2, 0) is 4.79 Å². The standard InChI is InChI=1S/C33H67F13N12.C25H64N12.C8H3F13O.B.Na.H/c34-28(35,29(36,37)30(38,39)31(40,41)32(42,43)33(44,45)46)4-10-52-12-21-57(19-9-51)26-24-55(16-3-1-2-5-47)25-27-58(22-13-53-11-6-48)23-15-54-14-20-56(17-7-49)18-8-50;26-4-2-1-3-14-34(22-24-36(17-8-30)18-9-31)23-25-37(20-11-32-10-5-27)21-13-33-12-19-35(15-6-28)16-7-29;9-3(10,1-2-22)4(11,12)5(13,14)6(15,16)7(17,18)8(19,20)21;;;/h52-54H,1-27,47-51H2;32-33H,1-31H2;2H,1H2;;;/q;;;;+1;-1. The maximum atomic E-state index is 14.2. The molecular weight excluding hydrogens is 1670 g/mol. The van der Waals surface area contributed by atoms with Gasteiger partial charge in [-0.3, -0.25) is 29.4 Å². The van der Waals surface area contributed by atoms with Crippen LogP contribution in [0.2, 0.25) is 0 Å². The molecule has 0 heterocycles. The van der Waals surface area contributed by atoms with Crippen molar-refractivity contribution in [3.8, 4) is 0 Å². The Morgan fingerprint density at radius 3 is 0.647 bits per heavy atom. The van der Waals surface area contributed by atoms with Gasteiger partial charge in [-0.2, -0.15) is 114 Å². The average Bonchev–Trinajstić information content (AvgIpc) is 0.718. The Bertz CT molecular complexity index is 2410. The van der Waals surface area contributed by atoms with Crippen LogP contribution in [0.3, 0.4) is 0 Å². The van der Waals surface area contributed by atoms with Crippen LogP contribution in [0.15, 0.2) is 0 Å². The molecular formula is C66H135BF26N24NaO. The van der Waals surface area contributed by atoms with Gasteiger partial charge in [-0.05, 0) is 51.9 Å². The maximum absolute atomic E-state index is 14.2. The molecule has 25 nitrogen and oxygen atoms in total. The van der Waals surface area contributed by atoms with Crippen LogP contribution in [0, 0.1) is 0 Å². The third kappa shape index (κ3) is 45.5. The summed E-state index contributed by atoms with van der Waals surface area (Å²) in [5.74, 6) is -74.0. The second kappa shape index (κ2) is 65.5. The van der Waals surface area contributed by atoms with Gasteiger partial charge in [0.05, 0.1) is 6.42 Å². The molecule has 27 N–H and O–H groups in total. The SMILES string of the molecule is NCCCCCN(CCN(CCN)CCN)CCN(CCNCCN)CCNCCN(CCN)CCN.NCCCCCN(CCN(CCN)CCNCCC(F)(F)C(F)(F)C(F)(F)C(F)(F)C(F)(F)C(F)(F)F)CCN(CCNCCN)CCNCCN(CCN)CCN.O=CCC(F)(F)C(F)(F)C(F)(F)C(F)(F)C(F)(F)C(F)(F)F.[B].[H-].[Na+]. The first-order valence-electron chi connectivity index (χ1n) is 38.9. The maximum Gasteiger partial charge on any atom is 1.00 e. The number of nitrogens with two attached hydrogens (primary N) is 11. The first kappa shape index (κ1) is 125. The third-order valence-corrected chi connectivity index (χ3v) is 18.2. The molecule has 0 aliphatic heterocycles. The van der Waals surface area contributed by atoms with E-state index in [-0.39, 0.29) is 59.0 Å². The summed E-state index contributed by atoms with van der Waals surface area (Å²) >= 11 is 0. The van der Waals surface area contributed by atoms with E-state index >= 15 is 0 Å². The van der Waals surface area contributed by atoms with E-state index in [1.54, 1.807) is 0 Å². The molecule has 119 heavy (non-hydrogen) atoms. The molecule has 0 bridgehead atoms. The topological polar surface area (TPSA) is 389 Å². The van der Waals surface area contributed by atoms with Gasteiger partial charge in [0, 0.05) is 283 Å². The zero-order valence-corrected chi connectivity index (χ0v) is 70.3. The van der Waals surface area contributed by atoms with Crippen LogP contribution in [0.25, 0.3) is 0 Å². The minimum atomic E-state index is -7.92. The molecule has 0 unspecified atom stereocenters. The number of rotatable bonds is 74. The predicted molar refractivity (Wildman–Crippen MR) is 407 cm³/mol. The molecule has 0 atom stereocenters. The number of aldehydes is 1. The molecule has 0 aromatic carbocycles. The van der Waals surface area contributed by atoms with Gasteiger partial charge in [0.2, 0.25) is 0 Å². The molecule has 53 heteroatoms. The van der Waals surface area contributed by atoms with Gasteiger partial charge in [0.15, 0.2) is 0 Å². The first-order chi connectivity index (χ1) is 54.5. The third-order valence-electron chi connectivity index (χ3n) is 18.2.